The average molecular weight is 265 g/mol. The van der Waals surface area contributed by atoms with Gasteiger partial charge in [-0.25, -0.2) is 0 Å². The molecule has 2 rings (SSSR count). The van der Waals surface area contributed by atoms with Crippen LogP contribution in [-0.4, -0.2) is 6.04 Å². The molecule has 1 saturated carbocycles. The fraction of sp³-hybridized carbons (Fsp3) is 0.750. The van der Waals surface area contributed by atoms with E-state index in [1.807, 2.05) is 11.3 Å². The topological polar surface area (TPSA) is 12.0 Å². The zero-order chi connectivity index (χ0) is 12.8. The van der Waals surface area contributed by atoms with E-state index in [-0.39, 0.29) is 0 Å². The Morgan fingerprint density at radius 3 is 2.83 bits per heavy atom. The highest BCUT2D eigenvalue weighted by Crippen LogP contribution is 2.27. The van der Waals surface area contributed by atoms with Gasteiger partial charge in [0.15, 0.2) is 0 Å². The Labute approximate surface area is 116 Å². The number of rotatable bonds is 5. The Balaban J connectivity index is 1.75. The molecule has 2 atom stereocenters. The summed E-state index contributed by atoms with van der Waals surface area (Å²) in [5, 5.41) is 8.32. The molecule has 2 heteroatoms. The number of hydrogen-bond donors (Lipinski definition) is 1. The molecule has 0 radical (unpaired) electrons. The summed E-state index contributed by atoms with van der Waals surface area (Å²) in [5.74, 6) is 1.00. The van der Waals surface area contributed by atoms with Gasteiger partial charge in [0, 0.05) is 12.6 Å². The number of thiophene rings is 1. The third-order valence-electron chi connectivity index (χ3n) is 4.33. The Morgan fingerprint density at radius 2 is 2.11 bits per heavy atom. The molecule has 1 N–H and O–H groups in total. The second kappa shape index (κ2) is 7.30. The minimum atomic E-state index is 0.756. The number of hydrogen-bond acceptors (Lipinski definition) is 2. The second-order valence-electron chi connectivity index (χ2n) is 5.82. The smallest absolute Gasteiger partial charge is 0.0218 e. The Bertz CT molecular complexity index is 345. The third kappa shape index (κ3) is 4.10. The molecule has 0 spiro atoms. The lowest BCUT2D eigenvalue weighted by Gasteiger charge is -2.16. The van der Waals surface area contributed by atoms with Crippen molar-refractivity contribution < 1.29 is 0 Å². The molecule has 1 nitrogen and oxygen atoms in total. The summed E-state index contributed by atoms with van der Waals surface area (Å²) in [5.41, 5.74) is 2.94. The molecule has 102 valence electrons. The van der Waals surface area contributed by atoms with Gasteiger partial charge in [0.05, 0.1) is 0 Å². The SMILES string of the molecule is CCCC1CCCC(NCc2cscc2C)CC1. The summed E-state index contributed by atoms with van der Waals surface area (Å²) in [4.78, 5) is 0. The lowest BCUT2D eigenvalue weighted by atomic mass is 9.95. The Kier molecular flexibility index (Phi) is 5.71. The zero-order valence-electron chi connectivity index (χ0n) is 11.9. The van der Waals surface area contributed by atoms with Crippen LogP contribution in [0.1, 0.15) is 63.0 Å². The van der Waals surface area contributed by atoms with Crippen LogP contribution in [0.25, 0.3) is 0 Å². The van der Waals surface area contributed by atoms with Gasteiger partial charge in [0.2, 0.25) is 0 Å². The van der Waals surface area contributed by atoms with Crippen molar-refractivity contribution >= 4 is 11.3 Å². The van der Waals surface area contributed by atoms with E-state index in [9.17, 15) is 0 Å². The molecular formula is C16H27NS. The van der Waals surface area contributed by atoms with Crippen LogP contribution in [0.5, 0.6) is 0 Å². The van der Waals surface area contributed by atoms with Gasteiger partial charge in [-0.3, -0.25) is 0 Å². The predicted molar refractivity (Wildman–Crippen MR) is 81.2 cm³/mol. The van der Waals surface area contributed by atoms with Gasteiger partial charge >= 0.3 is 0 Å². The number of aryl methyl sites for hydroxylation is 1. The van der Waals surface area contributed by atoms with Crippen molar-refractivity contribution in [3.63, 3.8) is 0 Å². The van der Waals surface area contributed by atoms with E-state index in [4.69, 9.17) is 0 Å². The van der Waals surface area contributed by atoms with Crippen LogP contribution >= 0.6 is 11.3 Å². The fourth-order valence-corrected chi connectivity index (χ4v) is 3.96. The molecule has 18 heavy (non-hydrogen) atoms. The van der Waals surface area contributed by atoms with E-state index >= 15 is 0 Å². The van der Waals surface area contributed by atoms with Crippen molar-refractivity contribution in [2.45, 2.75) is 71.4 Å². The first-order valence-electron chi connectivity index (χ1n) is 7.54. The van der Waals surface area contributed by atoms with E-state index in [2.05, 4.69) is 29.9 Å². The van der Waals surface area contributed by atoms with Crippen LogP contribution in [0.2, 0.25) is 0 Å². The Hall–Kier alpha value is -0.340. The Morgan fingerprint density at radius 1 is 1.22 bits per heavy atom. The summed E-state index contributed by atoms with van der Waals surface area (Å²) in [6.07, 6.45) is 9.88. The van der Waals surface area contributed by atoms with Crippen LogP contribution in [0.3, 0.4) is 0 Å². The third-order valence-corrected chi connectivity index (χ3v) is 5.24. The standard InChI is InChI=1S/C16H27NS/c1-3-5-14-6-4-7-16(9-8-14)17-10-15-12-18-11-13(15)2/h11-12,14,16-17H,3-10H2,1-2H3. The van der Waals surface area contributed by atoms with Gasteiger partial charge < -0.3 is 5.32 Å². The largest absolute Gasteiger partial charge is 0.310 e. The van der Waals surface area contributed by atoms with Crippen molar-refractivity contribution in [2.24, 2.45) is 5.92 Å². The maximum atomic E-state index is 3.77. The van der Waals surface area contributed by atoms with Crippen molar-refractivity contribution in [2.75, 3.05) is 0 Å². The van der Waals surface area contributed by atoms with E-state index < -0.39 is 0 Å². The van der Waals surface area contributed by atoms with Gasteiger partial charge in [-0.2, -0.15) is 11.3 Å². The van der Waals surface area contributed by atoms with Gasteiger partial charge in [-0.05, 0) is 54.0 Å². The second-order valence-corrected chi connectivity index (χ2v) is 6.56. The van der Waals surface area contributed by atoms with Gasteiger partial charge in [-0.1, -0.05) is 32.6 Å². The maximum Gasteiger partial charge on any atom is 0.0218 e. The molecule has 0 saturated heterocycles. The molecule has 1 aromatic heterocycles. The summed E-state index contributed by atoms with van der Waals surface area (Å²) in [6, 6.07) is 0.756. The molecule has 1 aliphatic carbocycles. The van der Waals surface area contributed by atoms with E-state index in [1.54, 1.807) is 0 Å². The molecule has 1 aliphatic rings. The highest BCUT2D eigenvalue weighted by molar-refractivity contribution is 7.08. The molecule has 0 aromatic carbocycles. The number of nitrogens with one attached hydrogen (secondary N) is 1. The van der Waals surface area contributed by atoms with Gasteiger partial charge in [0.25, 0.3) is 0 Å². The molecule has 0 amide bonds. The molecule has 0 bridgehead atoms. The first-order valence-corrected chi connectivity index (χ1v) is 8.49. The lowest BCUT2D eigenvalue weighted by Crippen LogP contribution is -2.28. The van der Waals surface area contributed by atoms with Crippen LogP contribution in [-0.2, 0) is 6.54 Å². The van der Waals surface area contributed by atoms with Crippen molar-refractivity contribution in [1.29, 1.82) is 0 Å². The first-order chi connectivity index (χ1) is 8.79. The van der Waals surface area contributed by atoms with E-state index in [0.29, 0.717) is 0 Å². The van der Waals surface area contributed by atoms with Crippen molar-refractivity contribution in [3.05, 3.63) is 21.9 Å². The van der Waals surface area contributed by atoms with Crippen LogP contribution < -0.4 is 5.32 Å². The minimum absolute atomic E-state index is 0.756. The molecular weight excluding hydrogens is 238 g/mol. The van der Waals surface area contributed by atoms with E-state index in [0.717, 1.165) is 18.5 Å². The van der Waals surface area contributed by atoms with Crippen LogP contribution in [0.4, 0.5) is 0 Å². The quantitative estimate of drug-likeness (QED) is 0.747. The predicted octanol–water partition coefficient (Wildman–Crippen LogP) is 4.90. The highest BCUT2D eigenvalue weighted by Gasteiger charge is 2.18. The molecule has 2 unspecified atom stereocenters. The summed E-state index contributed by atoms with van der Waals surface area (Å²) in [7, 11) is 0. The summed E-state index contributed by atoms with van der Waals surface area (Å²) in [6.45, 7) is 5.61. The lowest BCUT2D eigenvalue weighted by molar-refractivity contribution is 0.409. The fourth-order valence-electron chi connectivity index (χ4n) is 3.10. The zero-order valence-corrected chi connectivity index (χ0v) is 12.7. The summed E-state index contributed by atoms with van der Waals surface area (Å²) >= 11 is 1.82. The first kappa shape index (κ1) is 14.1. The van der Waals surface area contributed by atoms with Crippen molar-refractivity contribution in [3.8, 4) is 0 Å². The maximum absolute atomic E-state index is 3.77. The van der Waals surface area contributed by atoms with Crippen LogP contribution in [0.15, 0.2) is 10.8 Å². The normalized spacial score (nSPS) is 25.0. The minimum Gasteiger partial charge on any atom is -0.310 e. The van der Waals surface area contributed by atoms with Crippen LogP contribution in [0, 0.1) is 12.8 Å². The van der Waals surface area contributed by atoms with Gasteiger partial charge in [0.1, 0.15) is 0 Å². The molecule has 1 aromatic rings. The molecule has 1 heterocycles. The highest BCUT2D eigenvalue weighted by atomic mass is 32.1. The average Bonchev–Trinajstić information content (AvgIpc) is 2.63. The van der Waals surface area contributed by atoms with Gasteiger partial charge in [-0.15, -0.1) is 0 Å². The van der Waals surface area contributed by atoms with Crippen molar-refractivity contribution in [1.82, 2.24) is 5.32 Å². The van der Waals surface area contributed by atoms with E-state index in [1.165, 1.54) is 56.1 Å². The molecule has 0 aliphatic heterocycles. The summed E-state index contributed by atoms with van der Waals surface area (Å²) < 4.78 is 0. The molecule has 1 fully saturated rings. The monoisotopic (exact) mass is 265 g/mol.